The van der Waals surface area contributed by atoms with E-state index in [1.807, 2.05) is 17.8 Å². The van der Waals surface area contributed by atoms with Crippen molar-refractivity contribution in [2.24, 2.45) is 10.7 Å². The first-order valence-electron chi connectivity index (χ1n) is 7.09. The number of hydrogen-bond acceptors (Lipinski definition) is 3. The number of guanidine groups is 1. The molecule has 0 spiro atoms. The Labute approximate surface area is 126 Å². The third-order valence-electron chi connectivity index (χ3n) is 3.68. The molecule has 20 heavy (non-hydrogen) atoms. The molecule has 4 nitrogen and oxygen atoms in total. The molecule has 1 heterocycles. The maximum absolute atomic E-state index is 6.08. The molecule has 0 aromatic heterocycles. The van der Waals surface area contributed by atoms with Crippen LogP contribution < -0.4 is 10.6 Å². The number of likely N-dealkylation sites (N-methyl/N-ethyl adjacent to an activating group) is 1. The summed E-state index contributed by atoms with van der Waals surface area (Å²) in [7, 11) is 2.10. The highest BCUT2D eigenvalue weighted by atomic mass is 32.2. The van der Waals surface area contributed by atoms with Gasteiger partial charge in [0.1, 0.15) is 0 Å². The van der Waals surface area contributed by atoms with Crippen molar-refractivity contribution in [2.75, 3.05) is 43.1 Å². The predicted octanol–water partition coefficient (Wildman–Crippen LogP) is 1.87. The largest absolute Gasteiger partial charge is 0.370 e. The standard InChI is InChI=1S/C15H24N4S/c1-13(18(2)14-6-4-3-5-7-14)12-17-15(16)19-8-10-20-11-9-19/h3-7,13H,8-12H2,1-2H3,(H2,16,17). The van der Waals surface area contributed by atoms with E-state index in [2.05, 4.69) is 53.0 Å². The molecule has 1 unspecified atom stereocenters. The molecule has 1 aliphatic rings. The van der Waals surface area contributed by atoms with Crippen molar-refractivity contribution < 1.29 is 0 Å². The Hall–Kier alpha value is -1.36. The smallest absolute Gasteiger partial charge is 0.191 e. The van der Waals surface area contributed by atoms with Crippen molar-refractivity contribution in [2.45, 2.75) is 13.0 Å². The first kappa shape index (κ1) is 15.0. The van der Waals surface area contributed by atoms with Crippen molar-refractivity contribution in [3.05, 3.63) is 30.3 Å². The number of benzene rings is 1. The van der Waals surface area contributed by atoms with Crippen LogP contribution in [-0.2, 0) is 0 Å². The summed E-state index contributed by atoms with van der Waals surface area (Å²) in [5, 5.41) is 0. The summed E-state index contributed by atoms with van der Waals surface area (Å²) < 4.78 is 0. The number of aliphatic imine (C=N–C) groups is 1. The lowest BCUT2D eigenvalue weighted by Gasteiger charge is -2.29. The number of thioether (sulfide) groups is 1. The molecule has 1 fully saturated rings. The number of anilines is 1. The van der Waals surface area contributed by atoms with Crippen LogP contribution in [0.1, 0.15) is 6.92 Å². The van der Waals surface area contributed by atoms with Gasteiger partial charge in [-0.05, 0) is 19.1 Å². The molecule has 0 amide bonds. The van der Waals surface area contributed by atoms with Gasteiger partial charge in [0.2, 0.25) is 0 Å². The number of nitrogens with zero attached hydrogens (tertiary/aromatic N) is 3. The van der Waals surface area contributed by atoms with E-state index in [1.165, 1.54) is 5.69 Å². The van der Waals surface area contributed by atoms with E-state index in [0.29, 0.717) is 12.0 Å². The van der Waals surface area contributed by atoms with E-state index < -0.39 is 0 Å². The summed E-state index contributed by atoms with van der Waals surface area (Å²) in [5.74, 6) is 2.99. The van der Waals surface area contributed by atoms with Crippen molar-refractivity contribution in [1.29, 1.82) is 0 Å². The molecule has 1 aliphatic heterocycles. The highest BCUT2D eigenvalue weighted by molar-refractivity contribution is 7.99. The minimum Gasteiger partial charge on any atom is -0.370 e. The average Bonchev–Trinajstić information content (AvgIpc) is 2.53. The monoisotopic (exact) mass is 292 g/mol. The number of hydrogen-bond donors (Lipinski definition) is 1. The van der Waals surface area contributed by atoms with Crippen LogP contribution in [0.3, 0.4) is 0 Å². The Kier molecular flexibility index (Phi) is 5.59. The minimum absolute atomic E-state index is 0.329. The highest BCUT2D eigenvalue weighted by Crippen LogP contribution is 2.14. The lowest BCUT2D eigenvalue weighted by atomic mass is 10.2. The maximum atomic E-state index is 6.08. The van der Waals surface area contributed by atoms with E-state index in [4.69, 9.17) is 5.73 Å². The second kappa shape index (κ2) is 7.43. The Morgan fingerprint density at radius 3 is 2.65 bits per heavy atom. The van der Waals surface area contributed by atoms with Crippen LogP contribution in [0.4, 0.5) is 5.69 Å². The van der Waals surface area contributed by atoms with E-state index in [1.54, 1.807) is 0 Å². The van der Waals surface area contributed by atoms with Gasteiger partial charge in [-0.2, -0.15) is 11.8 Å². The molecule has 5 heteroatoms. The van der Waals surface area contributed by atoms with Crippen LogP contribution in [0.15, 0.2) is 35.3 Å². The summed E-state index contributed by atoms with van der Waals surface area (Å²) in [6, 6.07) is 10.7. The molecular formula is C15H24N4S. The lowest BCUT2D eigenvalue weighted by Crippen LogP contribution is -2.43. The zero-order chi connectivity index (χ0) is 14.4. The molecule has 0 radical (unpaired) electrons. The van der Waals surface area contributed by atoms with Crippen molar-refractivity contribution in [3.63, 3.8) is 0 Å². The maximum Gasteiger partial charge on any atom is 0.191 e. The van der Waals surface area contributed by atoms with Gasteiger partial charge >= 0.3 is 0 Å². The van der Waals surface area contributed by atoms with E-state index in [-0.39, 0.29) is 0 Å². The van der Waals surface area contributed by atoms with Crippen molar-refractivity contribution in [3.8, 4) is 0 Å². The van der Waals surface area contributed by atoms with E-state index in [0.717, 1.165) is 31.1 Å². The van der Waals surface area contributed by atoms with Gasteiger partial charge < -0.3 is 15.5 Å². The third-order valence-corrected chi connectivity index (χ3v) is 4.62. The second-order valence-corrected chi connectivity index (χ2v) is 6.32. The van der Waals surface area contributed by atoms with Gasteiger partial charge in [0.05, 0.1) is 6.54 Å². The van der Waals surface area contributed by atoms with Crippen molar-refractivity contribution >= 4 is 23.4 Å². The van der Waals surface area contributed by atoms with Crippen LogP contribution in [0.5, 0.6) is 0 Å². The molecule has 1 saturated heterocycles. The number of rotatable bonds is 4. The molecule has 0 bridgehead atoms. The van der Waals surface area contributed by atoms with E-state index in [9.17, 15) is 0 Å². The SMILES string of the molecule is CC(CN=C(N)N1CCSCC1)N(C)c1ccccc1. The van der Waals surface area contributed by atoms with Crippen LogP contribution in [0.2, 0.25) is 0 Å². The Bertz CT molecular complexity index is 429. The summed E-state index contributed by atoms with van der Waals surface area (Å²) in [4.78, 5) is 8.99. The Balaban J connectivity index is 1.89. The van der Waals surface area contributed by atoms with E-state index >= 15 is 0 Å². The zero-order valence-electron chi connectivity index (χ0n) is 12.3. The first-order valence-corrected chi connectivity index (χ1v) is 8.24. The van der Waals surface area contributed by atoms with Crippen LogP contribution in [0, 0.1) is 0 Å². The number of para-hydroxylation sites is 1. The first-order chi connectivity index (χ1) is 9.68. The summed E-state index contributed by atoms with van der Waals surface area (Å²) in [6.45, 7) is 4.93. The lowest BCUT2D eigenvalue weighted by molar-refractivity contribution is 0.455. The second-order valence-electron chi connectivity index (χ2n) is 5.09. The van der Waals surface area contributed by atoms with Gasteiger partial charge in [0.25, 0.3) is 0 Å². The van der Waals surface area contributed by atoms with Gasteiger partial charge in [-0.1, -0.05) is 18.2 Å². The highest BCUT2D eigenvalue weighted by Gasteiger charge is 2.13. The Morgan fingerprint density at radius 1 is 1.35 bits per heavy atom. The molecule has 2 N–H and O–H groups in total. The van der Waals surface area contributed by atoms with Crippen LogP contribution >= 0.6 is 11.8 Å². The molecule has 110 valence electrons. The molecule has 2 rings (SSSR count). The van der Waals surface area contributed by atoms with Crippen LogP contribution in [-0.4, -0.2) is 55.1 Å². The predicted molar refractivity (Wildman–Crippen MR) is 89.7 cm³/mol. The minimum atomic E-state index is 0.329. The summed E-state index contributed by atoms with van der Waals surface area (Å²) >= 11 is 1.98. The average molecular weight is 292 g/mol. The Morgan fingerprint density at radius 2 is 2.00 bits per heavy atom. The molecule has 1 atom stereocenters. The number of nitrogens with two attached hydrogens (primary N) is 1. The quantitative estimate of drug-likeness (QED) is 0.680. The van der Waals surface area contributed by atoms with Gasteiger partial charge in [0.15, 0.2) is 5.96 Å². The molecule has 1 aromatic carbocycles. The fourth-order valence-electron chi connectivity index (χ4n) is 2.16. The van der Waals surface area contributed by atoms with Gasteiger partial charge in [-0.15, -0.1) is 0 Å². The zero-order valence-corrected chi connectivity index (χ0v) is 13.1. The molecule has 0 saturated carbocycles. The van der Waals surface area contributed by atoms with Gasteiger partial charge in [-0.3, -0.25) is 4.99 Å². The third kappa shape index (κ3) is 4.07. The normalized spacial score (nSPS) is 17.9. The summed E-state index contributed by atoms with van der Waals surface area (Å²) in [6.07, 6.45) is 0. The summed E-state index contributed by atoms with van der Waals surface area (Å²) in [5.41, 5.74) is 7.29. The van der Waals surface area contributed by atoms with Crippen molar-refractivity contribution in [1.82, 2.24) is 4.90 Å². The molecule has 1 aromatic rings. The van der Waals surface area contributed by atoms with Crippen LogP contribution in [0.25, 0.3) is 0 Å². The molecular weight excluding hydrogens is 268 g/mol. The molecule has 0 aliphatic carbocycles. The fourth-order valence-corrected chi connectivity index (χ4v) is 3.06. The fraction of sp³-hybridized carbons (Fsp3) is 0.533. The van der Waals surface area contributed by atoms with Gasteiger partial charge in [-0.25, -0.2) is 0 Å². The van der Waals surface area contributed by atoms with Gasteiger partial charge in [0, 0.05) is 43.4 Å². The topological polar surface area (TPSA) is 44.9 Å².